The van der Waals surface area contributed by atoms with Crippen molar-refractivity contribution in [3.8, 4) is 0 Å². The van der Waals surface area contributed by atoms with Crippen LogP contribution < -0.4 is 4.72 Å². The number of carboxylic acid groups (broad SMARTS) is 1. The number of halogens is 3. The third kappa shape index (κ3) is 5.20. The van der Waals surface area contributed by atoms with Crippen molar-refractivity contribution in [3.63, 3.8) is 0 Å². The summed E-state index contributed by atoms with van der Waals surface area (Å²) < 4.78 is 67.3. The minimum atomic E-state index is -4.75. The van der Waals surface area contributed by atoms with E-state index in [0.717, 1.165) is 17.0 Å². The number of H-pyrrole nitrogens is 1. The van der Waals surface area contributed by atoms with E-state index in [1.54, 1.807) is 60.8 Å². The zero-order chi connectivity index (χ0) is 25.3. The van der Waals surface area contributed by atoms with Crippen LogP contribution >= 0.6 is 0 Å². The summed E-state index contributed by atoms with van der Waals surface area (Å²) in [6.07, 6.45) is -3.01. The van der Waals surface area contributed by atoms with Crippen LogP contribution in [0.2, 0.25) is 0 Å². The van der Waals surface area contributed by atoms with Crippen LogP contribution in [0, 0.1) is 0 Å². The predicted molar refractivity (Wildman–Crippen MR) is 122 cm³/mol. The molecule has 0 aliphatic rings. The lowest BCUT2D eigenvalue weighted by Gasteiger charge is -2.30. The number of hydrogen-bond acceptors (Lipinski definition) is 4. The molecule has 7 nitrogen and oxygen atoms in total. The second-order valence-corrected chi connectivity index (χ2v) is 9.75. The summed E-state index contributed by atoms with van der Waals surface area (Å²) in [5.74, 6) is -1.44. The van der Waals surface area contributed by atoms with Crippen molar-refractivity contribution in [2.24, 2.45) is 0 Å². The molecule has 0 aliphatic heterocycles. The molecule has 182 valence electrons. The Morgan fingerprint density at radius 3 is 2.29 bits per heavy atom. The number of alkyl halides is 3. The van der Waals surface area contributed by atoms with Crippen molar-refractivity contribution in [1.82, 2.24) is 14.7 Å². The molecule has 1 atom stereocenters. The first-order valence-electron chi connectivity index (χ1n) is 10.4. The predicted octanol–water partition coefficient (Wildman–Crippen LogP) is 4.17. The number of rotatable bonds is 8. The Balaban J connectivity index is 1.77. The Bertz CT molecular complexity index is 1450. The number of hydrogen-bond donors (Lipinski definition) is 3. The van der Waals surface area contributed by atoms with E-state index in [0.29, 0.717) is 23.4 Å². The first kappa shape index (κ1) is 24.4. The highest BCUT2D eigenvalue weighted by atomic mass is 32.2. The molecule has 0 radical (unpaired) electrons. The second-order valence-electron chi connectivity index (χ2n) is 8.07. The van der Waals surface area contributed by atoms with E-state index >= 15 is 0 Å². The molecule has 2 aromatic carbocycles. The van der Waals surface area contributed by atoms with Gasteiger partial charge in [-0.15, -0.1) is 0 Å². The Kier molecular flexibility index (Phi) is 6.39. The number of fused-ring (bicyclic) bond motifs is 1. The van der Waals surface area contributed by atoms with Gasteiger partial charge >= 0.3 is 12.1 Å². The van der Waals surface area contributed by atoms with Crippen molar-refractivity contribution < 1.29 is 31.5 Å². The number of aromatic amines is 1. The third-order valence-corrected chi connectivity index (χ3v) is 7.11. The maximum Gasteiger partial charge on any atom is 0.433 e. The molecule has 0 amide bonds. The molecule has 0 aliphatic carbocycles. The number of aliphatic carboxylic acids is 1. The number of nitrogens with zero attached hydrogens (tertiary/aromatic N) is 1. The summed E-state index contributed by atoms with van der Waals surface area (Å²) >= 11 is 0. The molecule has 0 spiro atoms. The van der Waals surface area contributed by atoms with Gasteiger partial charge in [-0.25, -0.2) is 8.42 Å². The lowest BCUT2D eigenvalue weighted by molar-refractivity contribution is -0.144. The first-order valence-corrected chi connectivity index (χ1v) is 11.9. The topological polar surface area (TPSA) is 112 Å². The molecular weight excluding hydrogens is 483 g/mol. The maximum absolute atomic E-state index is 13.2. The van der Waals surface area contributed by atoms with Gasteiger partial charge in [0.05, 0.1) is 0 Å². The highest BCUT2D eigenvalue weighted by Gasteiger charge is 2.44. The van der Waals surface area contributed by atoms with Crippen molar-refractivity contribution >= 4 is 26.9 Å². The van der Waals surface area contributed by atoms with E-state index in [-0.39, 0.29) is 12.8 Å². The average molecular weight is 504 g/mol. The lowest BCUT2D eigenvalue weighted by atomic mass is 9.85. The highest BCUT2D eigenvalue weighted by molar-refractivity contribution is 7.89. The monoisotopic (exact) mass is 503 g/mol. The molecule has 35 heavy (non-hydrogen) atoms. The van der Waals surface area contributed by atoms with Gasteiger partial charge in [-0.3, -0.25) is 9.78 Å². The van der Waals surface area contributed by atoms with Crippen LogP contribution in [0.5, 0.6) is 0 Å². The Morgan fingerprint density at radius 1 is 0.971 bits per heavy atom. The van der Waals surface area contributed by atoms with Crippen LogP contribution in [0.15, 0.2) is 84.0 Å². The Labute approximate surface area is 198 Å². The minimum absolute atomic E-state index is 0.212. The standard InChI is InChI=1S/C24H20F3N3O4S/c25-24(26,27)21-11-10-18(15-29-21)35(33,34)30-23(22(31)32,12-16-6-2-1-3-7-16)13-17-14-28-20-9-5-4-8-19(17)20/h1-11,14-15,28,30H,12-13H2,(H,31,32)/t23-/m0/s1. The fourth-order valence-electron chi connectivity index (χ4n) is 3.90. The van der Waals surface area contributed by atoms with Crippen molar-refractivity contribution in [2.45, 2.75) is 29.5 Å². The van der Waals surface area contributed by atoms with Crippen LogP contribution in [0.4, 0.5) is 13.2 Å². The number of para-hydroxylation sites is 1. The molecule has 0 bridgehead atoms. The van der Waals surface area contributed by atoms with Crippen LogP contribution in [0.25, 0.3) is 10.9 Å². The molecule has 11 heteroatoms. The van der Waals surface area contributed by atoms with Crippen LogP contribution in [0.3, 0.4) is 0 Å². The van der Waals surface area contributed by atoms with E-state index in [2.05, 4.69) is 14.7 Å². The summed E-state index contributed by atoms with van der Waals surface area (Å²) in [5, 5.41) is 11.0. The smallest absolute Gasteiger partial charge is 0.433 e. The second kappa shape index (κ2) is 9.16. The number of carboxylic acids is 1. The summed E-state index contributed by atoms with van der Waals surface area (Å²) in [7, 11) is -4.57. The quantitative estimate of drug-likeness (QED) is 0.334. The Morgan fingerprint density at radius 2 is 1.66 bits per heavy atom. The molecular formula is C24H20F3N3O4S. The van der Waals surface area contributed by atoms with Crippen LogP contribution in [-0.2, 0) is 33.8 Å². The molecule has 2 aromatic heterocycles. The number of pyridine rings is 1. The zero-order valence-corrected chi connectivity index (χ0v) is 18.9. The van der Waals surface area contributed by atoms with Crippen molar-refractivity contribution in [1.29, 1.82) is 0 Å². The molecule has 0 saturated carbocycles. The Hall–Kier alpha value is -3.70. The fraction of sp³-hybridized carbons (Fsp3) is 0.167. The molecule has 0 fully saturated rings. The number of aromatic nitrogens is 2. The largest absolute Gasteiger partial charge is 0.480 e. The molecule has 4 aromatic rings. The van der Waals surface area contributed by atoms with Gasteiger partial charge < -0.3 is 10.1 Å². The van der Waals surface area contributed by atoms with Crippen LogP contribution in [-0.4, -0.2) is 35.0 Å². The van der Waals surface area contributed by atoms with Gasteiger partial charge in [0.1, 0.15) is 16.1 Å². The normalized spacial score (nSPS) is 14.0. The lowest BCUT2D eigenvalue weighted by Crippen LogP contribution is -2.57. The van der Waals surface area contributed by atoms with Gasteiger partial charge in [-0.05, 0) is 29.3 Å². The number of benzene rings is 2. The van der Waals surface area contributed by atoms with Gasteiger partial charge in [0.15, 0.2) is 0 Å². The average Bonchev–Trinajstić information content (AvgIpc) is 3.21. The maximum atomic E-state index is 13.2. The summed E-state index contributed by atoms with van der Waals surface area (Å²) in [6.45, 7) is 0. The minimum Gasteiger partial charge on any atom is -0.480 e. The third-order valence-electron chi connectivity index (χ3n) is 5.59. The number of sulfonamides is 1. The SMILES string of the molecule is O=C(O)[C@](Cc1ccccc1)(Cc1c[nH]c2ccccc12)NS(=O)(=O)c1ccc(C(F)(F)F)nc1. The van der Waals surface area contributed by atoms with Gasteiger partial charge in [-0.2, -0.15) is 17.9 Å². The molecule has 0 saturated heterocycles. The van der Waals surface area contributed by atoms with E-state index in [1.165, 1.54) is 0 Å². The summed E-state index contributed by atoms with van der Waals surface area (Å²) in [6, 6.07) is 16.9. The van der Waals surface area contributed by atoms with Crippen molar-refractivity contribution in [3.05, 3.63) is 95.9 Å². The van der Waals surface area contributed by atoms with E-state index < -0.39 is 38.3 Å². The molecule has 3 N–H and O–H groups in total. The van der Waals surface area contributed by atoms with Gasteiger partial charge in [0.2, 0.25) is 10.0 Å². The first-order chi connectivity index (χ1) is 16.5. The fourth-order valence-corrected chi connectivity index (χ4v) is 5.20. The van der Waals surface area contributed by atoms with Gasteiger partial charge in [0.25, 0.3) is 0 Å². The number of carbonyl (C=O) groups is 1. The zero-order valence-electron chi connectivity index (χ0n) is 18.1. The molecule has 2 heterocycles. The van der Waals surface area contributed by atoms with Gasteiger partial charge in [-0.1, -0.05) is 48.5 Å². The van der Waals surface area contributed by atoms with Gasteiger partial charge in [0, 0.05) is 36.1 Å². The molecule has 4 rings (SSSR count). The van der Waals surface area contributed by atoms with Crippen LogP contribution in [0.1, 0.15) is 16.8 Å². The highest BCUT2D eigenvalue weighted by Crippen LogP contribution is 2.30. The summed E-state index contributed by atoms with van der Waals surface area (Å²) in [4.78, 5) is 18.3. The van der Waals surface area contributed by atoms with E-state index in [9.17, 15) is 31.5 Å². The van der Waals surface area contributed by atoms with E-state index in [4.69, 9.17) is 0 Å². The summed E-state index contributed by atoms with van der Waals surface area (Å²) in [5.41, 5.74) is -1.44. The van der Waals surface area contributed by atoms with Crippen molar-refractivity contribution in [2.75, 3.05) is 0 Å². The number of nitrogens with one attached hydrogen (secondary N) is 2. The molecule has 0 unspecified atom stereocenters. The van der Waals surface area contributed by atoms with E-state index in [1.807, 2.05) is 0 Å².